The van der Waals surface area contributed by atoms with Gasteiger partial charge in [0.2, 0.25) is 0 Å². The van der Waals surface area contributed by atoms with Gasteiger partial charge in [0.1, 0.15) is 10.7 Å². The molecule has 0 unspecified atom stereocenters. The Morgan fingerprint density at radius 2 is 2.00 bits per heavy atom. The molecule has 0 aliphatic heterocycles. The van der Waals surface area contributed by atoms with Crippen molar-refractivity contribution in [3.8, 4) is 0 Å². The second-order valence-electron chi connectivity index (χ2n) is 5.92. The SMILES string of the molecule is COC(=O)c1c(NC(=O)c2ncccc2C(=O)O)sc2c1CCCCC2. The largest absolute Gasteiger partial charge is 0.478 e. The number of carboxylic acids is 1. The van der Waals surface area contributed by atoms with Crippen molar-refractivity contribution in [2.75, 3.05) is 12.4 Å². The van der Waals surface area contributed by atoms with Crippen molar-refractivity contribution in [1.29, 1.82) is 0 Å². The Kier molecular flexibility index (Phi) is 5.32. The van der Waals surface area contributed by atoms with Crippen LogP contribution >= 0.6 is 11.3 Å². The Labute approximate surface area is 154 Å². The zero-order chi connectivity index (χ0) is 18.7. The molecule has 0 fully saturated rings. The van der Waals surface area contributed by atoms with Crippen LogP contribution in [0.4, 0.5) is 5.00 Å². The lowest BCUT2D eigenvalue weighted by molar-refractivity contribution is 0.0600. The molecule has 8 heteroatoms. The number of fused-ring (bicyclic) bond motifs is 1. The van der Waals surface area contributed by atoms with Crippen molar-refractivity contribution in [3.05, 3.63) is 45.6 Å². The molecular formula is C18H18N2O5S. The van der Waals surface area contributed by atoms with Crippen molar-refractivity contribution in [3.63, 3.8) is 0 Å². The molecule has 2 heterocycles. The van der Waals surface area contributed by atoms with E-state index in [-0.39, 0.29) is 11.3 Å². The number of nitrogens with one attached hydrogen (secondary N) is 1. The number of aryl methyl sites for hydroxylation is 1. The van der Waals surface area contributed by atoms with Gasteiger partial charge in [0.25, 0.3) is 5.91 Å². The number of anilines is 1. The normalized spacial score (nSPS) is 13.4. The van der Waals surface area contributed by atoms with E-state index in [0.29, 0.717) is 10.6 Å². The van der Waals surface area contributed by atoms with E-state index < -0.39 is 17.8 Å². The van der Waals surface area contributed by atoms with Gasteiger partial charge in [-0.15, -0.1) is 11.3 Å². The number of rotatable bonds is 4. The van der Waals surface area contributed by atoms with Crippen molar-refractivity contribution < 1.29 is 24.2 Å². The van der Waals surface area contributed by atoms with Crippen LogP contribution in [0.25, 0.3) is 0 Å². The number of pyridine rings is 1. The number of nitrogens with zero attached hydrogens (tertiary/aromatic N) is 1. The molecular weight excluding hydrogens is 356 g/mol. The van der Waals surface area contributed by atoms with Gasteiger partial charge in [0.15, 0.2) is 0 Å². The number of carboxylic acid groups (broad SMARTS) is 1. The Balaban J connectivity index is 1.99. The summed E-state index contributed by atoms with van der Waals surface area (Å²) in [5, 5.41) is 12.3. The van der Waals surface area contributed by atoms with Gasteiger partial charge in [-0.2, -0.15) is 0 Å². The minimum atomic E-state index is -1.24. The smallest absolute Gasteiger partial charge is 0.341 e. The van der Waals surface area contributed by atoms with E-state index in [4.69, 9.17) is 4.74 Å². The number of thiophene rings is 1. The predicted octanol–water partition coefficient (Wildman–Crippen LogP) is 3.15. The molecule has 0 aromatic carbocycles. The Morgan fingerprint density at radius 3 is 2.73 bits per heavy atom. The van der Waals surface area contributed by atoms with Crippen molar-refractivity contribution in [2.24, 2.45) is 0 Å². The van der Waals surface area contributed by atoms with E-state index in [1.807, 2.05) is 0 Å². The van der Waals surface area contributed by atoms with Crippen LogP contribution in [0.3, 0.4) is 0 Å². The number of amides is 1. The molecule has 0 bridgehead atoms. The standard InChI is InChI=1S/C18H18N2O5S/c1-25-18(24)13-10-6-3-2-4-8-12(10)26-16(13)20-15(21)14-11(17(22)23)7-5-9-19-14/h5,7,9H,2-4,6,8H2,1H3,(H,20,21)(H,22,23). The summed E-state index contributed by atoms with van der Waals surface area (Å²) >= 11 is 1.35. The van der Waals surface area contributed by atoms with Gasteiger partial charge in [0, 0.05) is 11.1 Å². The fourth-order valence-corrected chi connectivity index (χ4v) is 4.34. The van der Waals surface area contributed by atoms with Crippen LogP contribution in [-0.2, 0) is 17.6 Å². The number of aromatic nitrogens is 1. The molecule has 26 heavy (non-hydrogen) atoms. The first-order valence-corrected chi connectivity index (χ1v) is 9.07. The van der Waals surface area contributed by atoms with Crippen LogP contribution in [0.2, 0.25) is 0 Å². The van der Waals surface area contributed by atoms with E-state index in [1.54, 1.807) is 0 Å². The van der Waals surface area contributed by atoms with Crippen LogP contribution in [0.15, 0.2) is 18.3 Å². The minimum absolute atomic E-state index is 0.192. The van der Waals surface area contributed by atoms with Crippen molar-refractivity contribution in [2.45, 2.75) is 32.1 Å². The molecule has 136 valence electrons. The molecule has 1 aliphatic carbocycles. The molecule has 2 aromatic heterocycles. The lowest BCUT2D eigenvalue weighted by atomic mass is 10.1. The summed E-state index contributed by atoms with van der Waals surface area (Å²) in [5.74, 6) is -2.40. The molecule has 2 aromatic rings. The first-order chi connectivity index (χ1) is 12.5. The average Bonchev–Trinajstić information content (AvgIpc) is 2.81. The molecule has 0 saturated carbocycles. The summed E-state index contributed by atoms with van der Waals surface area (Å²) in [5.41, 5.74) is 0.909. The van der Waals surface area contributed by atoms with Crippen LogP contribution in [0, 0.1) is 0 Å². The van der Waals surface area contributed by atoms with E-state index >= 15 is 0 Å². The molecule has 1 amide bonds. The summed E-state index contributed by atoms with van der Waals surface area (Å²) in [6.07, 6.45) is 6.07. The van der Waals surface area contributed by atoms with Gasteiger partial charge in [-0.25, -0.2) is 9.59 Å². The van der Waals surface area contributed by atoms with E-state index in [9.17, 15) is 19.5 Å². The number of aromatic carboxylic acids is 1. The number of esters is 1. The number of carbonyl (C=O) groups is 3. The molecule has 2 N–H and O–H groups in total. The monoisotopic (exact) mass is 374 g/mol. The van der Waals surface area contributed by atoms with Crippen molar-refractivity contribution in [1.82, 2.24) is 4.98 Å². The number of hydrogen-bond acceptors (Lipinski definition) is 6. The third-order valence-electron chi connectivity index (χ3n) is 4.29. The second-order valence-corrected chi connectivity index (χ2v) is 7.02. The highest BCUT2D eigenvalue weighted by atomic mass is 32.1. The van der Waals surface area contributed by atoms with Crippen LogP contribution < -0.4 is 5.32 Å². The Morgan fingerprint density at radius 1 is 1.23 bits per heavy atom. The van der Waals surface area contributed by atoms with Gasteiger partial charge >= 0.3 is 11.9 Å². The zero-order valence-corrected chi connectivity index (χ0v) is 15.0. The van der Waals surface area contributed by atoms with Gasteiger partial charge in [-0.3, -0.25) is 9.78 Å². The number of ether oxygens (including phenoxy) is 1. The third-order valence-corrected chi connectivity index (χ3v) is 5.50. The summed E-state index contributed by atoms with van der Waals surface area (Å²) < 4.78 is 4.90. The highest BCUT2D eigenvalue weighted by Gasteiger charge is 2.27. The van der Waals surface area contributed by atoms with Crippen LogP contribution in [0.1, 0.15) is 60.9 Å². The third kappa shape index (κ3) is 3.45. The summed E-state index contributed by atoms with van der Waals surface area (Å²) in [6.45, 7) is 0. The average molecular weight is 374 g/mol. The molecule has 7 nitrogen and oxygen atoms in total. The van der Waals surface area contributed by atoms with Gasteiger partial charge in [0.05, 0.1) is 18.2 Å². The molecule has 3 rings (SSSR count). The topological polar surface area (TPSA) is 106 Å². The van der Waals surface area contributed by atoms with Gasteiger partial charge in [-0.05, 0) is 43.4 Å². The number of hydrogen-bond donors (Lipinski definition) is 2. The fourth-order valence-electron chi connectivity index (χ4n) is 3.07. The summed E-state index contributed by atoms with van der Waals surface area (Å²) in [4.78, 5) is 41.2. The van der Waals surface area contributed by atoms with Crippen LogP contribution in [0.5, 0.6) is 0 Å². The maximum absolute atomic E-state index is 12.6. The Hall–Kier alpha value is -2.74. The highest BCUT2D eigenvalue weighted by molar-refractivity contribution is 7.17. The molecule has 0 saturated heterocycles. The molecule has 0 spiro atoms. The van der Waals surface area contributed by atoms with Crippen molar-refractivity contribution >= 4 is 34.2 Å². The fraction of sp³-hybridized carbons (Fsp3) is 0.333. The zero-order valence-electron chi connectivity index (χ0n) is 14.2. The number of methoxy groups -OCH3 is 1. The maximum Gasteiger partial charge on any atom is 0.341 e. The second kappa shape index (κ2) is 7.65. The molecule has 0 radical (unpaired) electrons. The van der Waals surface area contributed by atoms with E-state index in [0.717, 1.165) is 42.5 Å². The predicted molar refractivity (Wildman–Crippen MR) is 96.1 cm³/mol. The number of carbonyl (C=O) groups excluding carboxylic acids is 2. The first-order valence-electron chi connectivity index (χ1n) is 8.25. The van der Waals surface area contributed by atoms with Crippen LogP contribution in [-0.4, -0.2) is 35.0 Å². The molecule has 1 aliphatic rings. The lowest BCUT2D eigenvalue weighted by Gasteiger charge is -2.08. The minimum Gasteiger partial charge on any atom is -0.478 e. The first kappa shape index (κ1) is 18.1. The Bertz CT molecular complexity index is 874. The summed E-state index contributed by atoms with van der Waals surface area (Å²) in [6, 6.07) is 2.77. The van der Waals surface area contributed by atoms with E-state index in [1.165, 1.54) is 36.8 Å². The maximum atomic E-state index is 12.6. The van der Waals surface area contributed by atoms with Gasteiger partial charge in [-0.1, -0.05) is 6.42 Å². The lowest BCUT2D eigenvalue weighted by Crippen LogP contribution is -2.19. The quantitative estimate of drug-likeness (QED) is 0.629. The van der Waals surface area contributed by atoms with E-state index in [2.05, 4.69) is 10.3 Å². The summed E-state index contributed by atoms with van der Waals surface area (Å²) in [7, 11) is 1.30. The molecule has 0 atom stereocenters. The highest BCUT2D eigenvalue weighted by Crippen LogP contribution is 2.38. The van der Waals surface area contributed by atoms with Gasteiger partial charge < -0.3 is 15.2 Å².